The van der Waals surface area contributed by atoms with Crippen LogP contribution in [0.5, 0.6) is 0 Å². The lowest BCUT2D eigenvalue weighted by atomic mass is 10.1. The van der Waals surface area contributed by atoms with Crippen molar-refractivity contribution in [1.82, 2.24) is 15.0 Å². The average molecular weight is 291 g/mol. The van der Waals surface area contributed by atoms with Gasteiger partial charge in [0.1, 0.15) is 5.82 Å². The van der Waals surface area contributed by atoms with Gasteiger partial charge in [0.2, 0.25) is 5.91 Å². The molecule has 0 bridgehead atoms. The zero-order valence-electron chi connectivity index (χ0n) is 11.9. The van der Waals surface area contributed by atoms with E-state index in [1.165, 1.54) is 6.20 Å². The van der Waals surface area contributed by atoms with Crippen molar-refractivity contribution >= 4 is 22.6 Å². The smallest absolute Gasteiger partial charge is 0.249 e. The third kappa shape index (κ3) is 2.52. The molecular weight excluding hydrogens is 278 g/mol. The molecular formula is C16H13N5O. The molecule has 0 radical (unpaired) electrons. The lowest BCUT2D eigenvalue weighted by Gasteiger charge is -2.07. The summed E-state index contributed by atoms with van der Waals surface area (Å²) in [6.07, 6.45) is 3.13. The number of nitrogens with zero attached hydrogens (tertiary/aromatic N) is 3. The quantitative estimate of drug-likeness (QED) is 0.775. The number of carbonyl (C=O) groups is 1. The van der Waals surface area contributed by atoms with Crippen LogP contribution in [0.3, 0.4) is 0 Å². The van der Waals surface area contributed by atoms with Crippen LogP contribution in [0.4, 0.5) is 5.69 Å². The number of benzene rings is 1. The molecule has 0 aliphatic heterocycles. The minimum Gasteiger partial charge on any atom is -0.340 e. The van der Waals surface area contributed by atoms with Crippen molar-refractivity contribution in [1.29, 1.82) is 5.26 Å². The first-order valence-electron chi connectivity index (χ1n) is 6.75. The standard InChI is InChI=1S/C16H13N5O/c1-10-4-2-6-13-14(10)21-15(20-13)12(8-17)16(22)19-11-5-3-7-18-9-11/h2-7,9,12H,1H3,(H,19,22)(H,20,21). The summed E-state index contributed by atoms with van der Waals surface area (Å²) in [6, 6.07) is 11.1. The molecule has 2 aromatic heterocycles. The summed E-state index contributed by atoms with van der Waals surface area (Å²) in [4.78, 5) is 23.6. The number of pyridine rings is 1. The van der Waals surface area contributed by atoms with Gasteiger partial charge in [0, 0.05) is 6.20 Å². The number of aryl methyl sites for hydroxylation is 1. The molecule has 1 unspecified atom stereocenters. The number of hydrogen-bond donors (Lipinski definition) is 2. The minimum atomic E-state index is -1.01. The van der Waals surface area contributed by atoms with Crippen molar-refractivity contribution in [2.45, 2.75) is 12.8 Å². The number of nitriles is 1. The van der Waals surface area contributed by atoms with E-state index in [1.807, 2.05) is 31.2 Å². The first-order valence-corrected chi connectivity index (χ1v) is 6.75. The molecule has 6 heteroatoms. The number of nitrogens with one attached hydrogen (secondary N) is 2. The van der Waals surface area contributed by atoms with Crippen molar-refractivity contribution in [2.75, 3.05) is 5.32 Å². The van der Waals surface area contributed by atoms with Gasteiger partial charge in [0.25, 0.3) is 0 Å². The van der Waals surface area contributed by atoms with Crippen LogP contribution in [0, 0.1) is 18.3 Å². The van der Waals surface area contributed by atoms with Crippen LogP contribution in [0.25, 0.3) is 11.0 Å². The molecule has 108 valence electrons. The Labute approximate surface area is 126 Å². The number of aromatic amines is 1. The number of para-hydroxylation sites is 1. The third-order valence-corrected chi connectivity index (χ3v) is 3.33. The van der Waals surface area contributed by atoms with Crippen LogP contribution in [0.15, 0.2) is 42.7 Å². The highest BCUT2D eigenvalue weighted by atomic mass is 16.1. The fourth-order valence-corrected chi connectivity index (χ4v) is 2.23. The molecule has 0 spiro atoms. The van der Waals surface area contributed by atoms with E-state index in [4.69, 9.17) is 0 Å². The van der Waals surface area contributed by atoms with Gasteiger partial charge in [-0.25, -0.2) is 4.98 Å². The fourth-order valence-electron chi connectivity index (χ4n) is 2.23. The van der Waals surface area contributed by atoms with E-state index in [-0.39, 0.29) is 0 Å². The van der Waals surface area contributed by atoms with E-state index < -0.39 is 11.8 Å². The highest BCUT2D eigenvalue weighted by molar-refractivity contribution is 5.97. The van der Waals surface area contributed by atoms with Gasteiger partial charge in [-0.3, -0.25) is 9.78 Å². The van der Waals surface area contributed by atoms with Crippen molar-refractivity contribution in [2.24, 2.45) is 0 Å². The van der Waals surface area contributed by atoms with Crippen molar-refractivity contribution in [3.05, 3.63) is 54.1 Å². The lowest BCUT2D eigenvalue weighted by molar-refractivity contribution is -0.116. The molecule has 0 fully saturated rings. The normalized spacial score (nSPS) is 11.8. The van der Waals surface area contributed by atoms with E-state index in [9.17, 15) is 10.1 Å². The van der Waals surface area contributed by atoms with E-state index in [1.54, 1.807) is 18.3 Å². The number of anilines is 1. The SMILES string of the molecule is Cc1cccc2[nH]c(C(C#N)C(=O)Nc3cccnc3)nc12. The summed E-state index contributed by atoms with van der Waals surface area (Å²) >= 11 is 0. The van der Waals surface area contributed by atoms with Crippen molar-refractivity contribution < 1.29 is 4.79 Å². The van der Waals surface area contributed by atoms with Crippen LogP contribution in [0.1, 0.15) is 17.3 Å². The first-order chi connectivity index (χ1) is 10.7. The monoisotopic (exact) mass is 291 g/mol. The van der Waals surface area contributed by atoms with Crippen molar-refractivity contribution in [3.8, 4) is 6.07 Å². The summed E-state index contributed by atoms with van der Waals surface area (Å²) in [6.45, 7) is 1.93. The largest absolute Gasteiger partial charge is 0.340 e. The molecule has 3 rings (SSSR count). The lowest BCUT2D eigenvalue weighted by Crippen LogP contribution is -2.21. The Morgan fingerprint density at radius 3 is 2.91 bits per heavy atom. The Morgan fingerprint density at radius 1 is 1.36 bits per heavy atom. The molecule has 22 heavy (non-hydrogen) atoms. The highest BCUT2D eigenvalue weighted by Crippen LogP contribution is 2.21. The van der Waals surface area contributed by atoms with Crippen molar-refractivity contribution in [3.63, 3.8) is 0 Å². The van der Waals surface area contributed by atoms with Gasteiger partial charge in [-0.1, -0.05) is 12.1 Å². The van der Waals surface area contributed by atoms with Crippen LogP contribution < -0.4 is 5.32 Å². The second-order valence-electron chi connectivity index (χ2n) is 4.89. The predicted molar refractivity (Wildman–Crippen MR) is 82.1 cm³/mol. The van der Waals surface area contributed by atoms with Gasteiger partial charge in [-0.15, -0.1) is 0 Å². The van der Waals surface area contributed by atoms with Gasteiger partial charge in [0.15, 0.2) is 5.92 Å². The number of H-pyrrole nitrogens is 1. The molecule has 0 saturated carbocycles. The zero-order valence-corrected chi connectivity index (χ0v) is 11.9. The Hall–Kier alpha value is -3.20. The van der Waals surface area contributed by atoms with Crippen LogP contribution >= 0.6 is 0 Å². The molecule has 0 saturated heterocycles. The summed E-state index contributed by atoms with van der Waals surface area (Å²) in [5.41, 5.74) is 3.11. The Bertz CT molecular complexity index is 863. The van der Waals surface area contributed by atoms with Gasteiger partial charge in [0.05, 0.1) is 29.0 Å². The average Bonchev–Trinajstić information content (AvgIpc) is 2.94. The maximum atomic E-state index is 12.3. The minimum absolute atomic E-state index is 0.341. The first kappa shape index (κ1) is 13.8. The number of imidazole rings is 1. The van der Waals surface area contributed by atoms with E-state index in [0.717, 1.165) is 16.6 Å². The number of fused-ring (bicyclic) bond motifs is 1. The topological polar surface area (TPSA) is 94.5 Å². The number of hydrogen-bond acceptors (Lipinski definition) is 4. The van der Waals surface area contributed by atoms with Crippen LogP contribution in [0.2, 0.25) is 0 Å². The maximum Gasteiger partial charge on any atom is 0.249 e. The van der Waals surface area contributed by atoms with E-state index in [0.29, 0.717) is 11.5 Å². The number of carbonyl (C=O) groups excluding carboxylic acids is 1. The predicted octanol–water partition coefficient (Wildman–Crippen LogP) is 2.51. The molecule has 1 amide bonds. The number of aromatic nitrogens is 3. The summed E-state index contributed by atoms with van der Waals surface area (Å²) in [7, 11) is 0. The van der Waals surface area contributed by atoms with Crippen LogP contribution in [-0.2, 0) is 4.79 Å². The molecule has 3 aromatic rings. The Morgan fingerprint density at radius 2 is 2.23 bits per heavy atom. The summed E-state index contributed by atoms with van der Waals surface area (Å²) in [5.74, 6) is -1.10. The van der Waals surface area contributed by atoms with E-state index in [2.05, 4.69) is 20.3 Å². The molecule has 0 aliphatic carbocycles. The molecule has 1 atom stereocenters. The zero-order chi connectivity index (χ0) is 15.5. The van der Waals surface area contributed by atoms with E-state index >= 15 is 0 Å². The van der Waals surface area contributed by atoms with Gasteiger partial charge in [-0.05, 0) is 30.7 Å². The molecule has 2 N–H and O–H groups in total. The molecule has 0 aliphatic rings. The fraction of sp³-hybridized carbons (Fsp3) is 0.125. The summed E-state index contributed by atoms with van der Waals surface area (Å²) < 4.78 is 0. The molecule has 6 nitrogen and oxygen atoms in total. The van der Waals surface area contributed by atoms with Crippen LogP contribution in [-0.4, -0.2) is 20.9 Å². The summed E-state index contributed by atoms with van der Waals surface area (Å²) in [5, 5.41) is 12.0. The third-order valence-electron chi connectivity index (χ3n) is 3.33. The second-order valence-corrected chi connectivity index (χ2v) is 4.89. The second kappa shape index (κ2) is 5.66. The highest BCUT2D eigenvalue weighted by Gasteiger charge is 2.24. The molecule has 2 heterocycles. The number of rotatable bonds is 3. The van der Waals surface area contributed by atoms with Gasteiger partial charge in [-0.2, -0.15) is 5.26 Å². The maximum absolute atomic E-state index is 12.3. The Balaban J connectivity index is 1.91. The molecule has 1 aromatic carbocycles. The van der Waals surface area contributed by atoms with Gasteiger partial charge < -0.3 is 10.3 Å². The Kier molecular flexibility index (Phi) is 3.54. The number of amides is 1. The van der Waals surface area contributed by atoms with Gasteiger partial charge >= 0.3 is 0 Å².